The number of hydrogen-bond donors (Lipinski definition) is 3. The van der Waals surface area contributed by atoms with E-state index in [9.17, 15) is 19.5 Å². The van der Waals surface area contributed by atoms with Gasteiger partial charge in [-0.05, 0) is 12.3 Å². The molecule has 0 aliphatic carbocycles. The smallest absolute Gasteiger partial charge is 0.355 e. The van der Waals surface area contributed by atoms with Crippen LogP contribution in [0.1, 0.15) is 42.1 Å². The van der Waals surface area contributed by atoms with E-state index in [4.69, 9.17) is 0 Å². The normalized spacial score (nSPS) is 10.7. The van der Waals surface area contributed by atoms with Crippen molar-refractivity contribution in [2.75, 3.05) is 10.6 Å². The molecule has 0 aromatic carbocycles. The van der Waals surface area contributed by atoms with Crippen LogP contribution in [-0.2, 0) is 16.0 Å². The Morgan fingerprint density at radius 3 is 2.32 bits per heavy atom. The number of aromatic carboxylic acids is 1. The van der Waals surface area contributed by atoms with Crippen LogP contribution in [0.15, 0.2) is 11.6 Å². The van der Waals surface area contributed by atoms with Crippen molar-refractivity contribution in [3.8, 4) is 0 Å². The molecular formula is C15H18N4O4S2. The second kappa shape index (κ2) is 8.67. The molecule has 2 amide bonds. The van der Waals surface area contributed by atoms with Gasteiger partial charge in [0, 0.05) is 29.3 Å². The summed E-state index contributed by atoms with van der Waals surface area (Å²) in [6, 6.07) is 0. The number of amides is 2. The van der Waals surface area contributed by atoms with Crippen LogP contribution in [0.3, 0.4) is 0 Å². The Labute approximate surface area is 152 Å². The molecule has 8 nitrogen and oxygen atoms in total. The lowest BCUT2D eigenvalue weighted by atomic mass is 10.1. The summed E-state index contributed by atoms with van der Waals surface area (Å²) in [7, 11) is 0. The lowest BCUT2D eigenvalue weighted by molar-refractivity contribution is -0.121. The second-order valence-electron chi connectivity index (χ2n) is 5.63. The number of nitrogens with one attached hydrogen (secondary N) is 2. The molecule has 0 bridgehead atoms. The first-order valence-electron chi connectivity index (χ1n) is 7.57. The molecule has 2 aromatic rings. The third-order valence-electron chi connectivity index (χ3n) is 3.00. The highest BCUT2D eigenvalue weighted by atomic mass is 32.1. The van der Waals surface area contributed by atoms with E-state index in [2.05, 4.69) is 20.6 Å². The third-order valence-corrected chi connectivity index (χ3v) is 4.68. The number of carbonyl (C=O) groups is 3. The van der Waals surface area contributed by atoms with Crippen molar-refractivity contribution in [2.24, 2.45) is 5.92 Å². The summed E-state index contributed by atoms with van der Waals surface area (Å²) in [6.45, 7) is 3.95. The molecule has 0 aliphatic heterocycles. The van der Waals surface area contributed by atoms with E-state index >= 15 is 0 Å². The van der Waals surface area contributed by atoms with Gasteiger partial charge in [0.2, 0.25) is 11.8 Å². The van der Waals surface area contributed by atoms with E-state index in [1.807, 2.05) is 13.8 Å². The minimum atomic E-state index is -1.12. The van der Waals surface area contributed by atoms with Gasteiger partial charge in [-0.25, -0.2) is 14.8 Å². The summed E-state index contributed by atoms with van der Waals surface area (Å²) in [5.41, 5.74) is -0.0319. The molecule has 0 aliphatic rings. The molecule has 25 heavy (non-hydrogen) atoms. The quantitative estimate of drug-likeness (QED) is 0.645. The first kappa shape index (κ1) is 19.0. The van der Waals surface area contributed by atoms with Crippen LogP contribution in [0.2, 0.25) is 0 Å². The fourth-order valence-electron chi connectivity index (χ4n) is 1.96. The molecule has 2 aromatic heterocycles. The summed E-state index contributed by atoms with van der Waals surface area (Å²) in [5.74, 6) is -1.54. The van der Waals surface area contributed by atoms with Crippen LogP contribution >= 0.6 is 22.7 Å². The van der Waals surface area contributed by atoms with E-state index in [0.29, 0.717) is 16.4 Å². The Morgan fingerprint density at radius 2 is 1.80 bits per heavy atom. The van der Waals surface area contributed by atoms with Gasteiger partial charge >= 0.3 is 5.97 Å². The van der Waals surface area contributed by atoms with Crippen LogP contribution in [0.25, 0.3) is 0 Å². The molecule has 10 heteroatoms. The fraction of sp³-hybridized carbons (Fsp3) is 0.400. The molecule has 0 saturated heterocycles. The Balaban J connectivity index is 1.89. The lowest BCUT2D eigenvalue weighted by Crippen LogP contribution is -2.17. The van der Waals surface area contributed by atoms with Gasteiger partial charge in [0.05, 0.1) is 0 Å². The predicted molar refractivity (Wildman–Crippen MR) is 96.2 cm³/mol. The zero-order valence-electron chi connectivity index (χ0n) is 13.7. The molecule has 0 fully saturated rings. The second-order valence-corrected chi connectivity index (χ2v) is 7.61. The number of thiazole rings is 2. The van der Waals surface area contributed by atoms with Crippen LogP contribution < -0.4 is 10.6 Å². The third kappa shape index (κ3) is 5.91. The molecule has 2 rings (SSSR count). The highest BCUT2D eigenvalue weighted by molar-refractivity contribution is 7.16. The van der Waals surface area contributed by atoms with E-state index in [0.717, 1.165) is 11.3 Å². The number of carbonyl (C=O) groups excluding carboxylic acids is 2. The molecule has 0 saturated carbocycles. The highest BCUT2D eigenvalue weighted by Gasteiger charge is 2.19. The standard InChI is InChI=1S/C15H18N4O4S2/c1-8(2)7-9-12(13(22)23)19-15(25-9)18-11(21)4-3-10(20)17-14-16-5-6-24-14/h5-6,8H,3-4,7H2,1-2H3,(H,22,23)(H,16,17,20)(H,18,19,21). The van der Waals surface area contributed by atoms with Gasteiger partial charge in [0.15, 0.2) is 16.0 Å². The van der Waals surface area contributed by atoms with Crippen molar-refractivity contribution in [1.29, 1.82) is 0 Å². The van der Waals surface area contributed by atoms with E-state index in [-0.39, 0.29) is 35.5 Å². The van der Waals surface area contributed by atoms with Crippen molar-refractivity contribution >= 4 is 50.7 Å². The van der Waals surface area contributed by atoms with Crippen molar-refractivity contribution in [3.63, 3.8) is 0 Å². The van der Waals surface area contributed by atoms with Gasteiger partial charge < -0.3 is 15.7 Å². The summed E-state index contributed by atoms with van der Waals surface area (Å²) in [4.78, 5) is 43.4. The summed E-state index contributed by atoms with van der Waals surface area (Å²) in [6.07, 6.45) is 2.12. The van der Waals surface area contributed by atoms with Crippen LogP contribution in [-0.4, -0.2) is 32.9 Å². The summed E-state index contributed by atoms with van der Waals surface area (Å²) in [5, 5.41) is 16.8. The first-order chi connectivity index (χ1) is 11.8. The predicted octanol–water partition coefficient (Wildman–Crippen LogP) is 2.85. The number of hydrogen-bond acceptors (Lipinski definition) is 7. The van der Waals surface area contributed by atoms with Crippen LogP contribution in [0.5, 0.6) is 0 Å². The van der Waals surface area contributed by atoms with Crippen molar-refractivity contribution in [2.45, 2.75) is 33.1 Å². The molecule has 134 valence electrons. The summed E-state index contributed by atoms with van der Waals surface area (Å²) >= 11 is 2.44. The van der Waals surface area contributed by atoms with Gasteiger partial charge in [-0.15, -0.1) is 22.7 Å². The minimum absolute atomic E-state index is 0.00142. The number of nitrogens with zero attached hydrogens (tertiary/aromatic N) is 2. The topological polar surface area (TPSA) is 121 Å². The van der Waals surface area contributed by atoms with Crippen molar-refractivity contribution in [3.05, 3.63) is 22.1 Å². The summed E-state index contributed by atoms with van der Waals surface area (Å²) < 4.78 is 0. The Kier molecular flexibility index (Phi) is 6.59. The van der Waals surface area contributed by atoms with Crippen LogP contribution in [0.4, 0.5) is 10.3 Å². The maximum absolute atomic E-state index is 11.9. The molecular weight excluding hydrogens is 364 g/mol. The van der Waals surface area contributed by atoms with Gasteiger partial charge in [-0.2, -0.15) is 0 Å². The number of carboxylic acids is 1. The molecule has 0 spiro atoms. The SMILES string of the molecule is CC(C)Cc1sc(NC(=O)CCC(=O)Nc2nccs2)nc1C(=O)O. The monoisotopic (exact) mass is 382 g/mol. The number of aromatic nitrogens is 2. The fourth-order valence-corrected chi connectivity index (χ4v) is 3.68. The molecule has 0 atom stereocenters. The zero-order chi connectivity index (χ0) is 18.4. The van der Waals surface area contributed by atoms with Crippen LogP contribution in [0, 0.1) is 5.92 Å². The average molecular weight is 382 g/mol. The molecule has 0 unspecified atom stereocenters. The maximum Gasteiger partial charge on any atom is 0.355 e. The van der Waals surface area contributed by atoms with E-state index in [1.54, 1.807) is 11.6 Å². The largest absolute Gasteiger partial charge is 0.476 e. The van der Waals surface area contributed by atoms with E-state index < -0.39 is 11.9 Å². The van der Waals surface area contributed by atoms with Gasteiger partial charge in [-0.3, -0.25) is 9.59 Å². The van der Waals surface area contributed by atoms with Gasteiger partial charge in [-0.1, -0.05) is 13.8 Å². The van der Waals surface area contributed by atoms with Gasteiger partial charge in [0.1, 0.15) is 0 Å². The molecule has 3 N–H and O–H groups in total. The minimum Gasteiger partial charge on any atom is -0.476 e. The van der Waals surface area contributed by atoms with E-state index in [1.165, 1.54) is 11.3 Å². The van der Waals surface area contributed by atoms with Crippen molar-refractivity contribution < 1.29 is 19.5 Å². The Morgan fingerprint density at radius 1 is 1.16 bits per heavy atom. The Hall–Kier alpha value is -2.33. The average Bonchev–Trinajstić information content (AvgIpc) is 3.14. The van der Waals surface area contributed by atoms with Gasteiger partial charge in [0.25, 0.3) is 0 Å². The maximum atomic E-state index is 11.9. The lowest BCUT2D eigenvalue weighted by Gasteiger charge is -2.02. The first-order valence-corrected chi connectivity index (χ1v) is 9.27. The molecule has 0 radical (unpaired) electrons. The Bertz CT molecular complexity index is 756. The molecule has 2 heterocycles. The number of anilines is 2. The van der Waals surface area contributed by atoms with Crippen molar-refractivity contribution in [1.82, 2.24) is 9.97 Å². The number of rotatable bonds is 8. The zero-order valence-corrected chi connectivity index (χ0v) is 15.4. The highest BCUT2D eigenvalue weighted by Crippen LogP contribution is 2.26. The number of carboxylic acid groups (broad SMARTS) is 1.